The Labute approximate surface area is 114 Å². The van der Waals surface area contributed by atoms with Crippen LogP contribution in [0, 0.1) is 10.1 Å². The van der Waals surface area contributed by atoms with Gasteiger partial charge in [0, 0.05) is 30.9 Å². The normalized spacial score (nSPS) is 11.7. The number of halogens is 3. The Balaban J connectivity index is 2.83. The summed E-state index contributed by atoms with van der Waals surface area (Å²) in [5, 5.41) is 16.5. The molecule has 0 unspecified atom stereocenters. The van der Waals surface area contributed by atoms with Gasteiger partial charge in [0.15, 0.2) is 0 Å². The van der Waals surface area contributed by atoms with E-state index < -0.39 is 22.4 Å². The summed E-state index contributed by atoms with van der Waals surface area (Å²) in [6.07, 6.45) is -4.75. The van der Waals surface area contributed by atoms with Gasteiger partial charge in [0.25, 0.3) is 5.69 Å². The van der Waals surface area contributed by atoms with E-state index in [1.165, 1.54) is 6.07 Å². The number of hydrogen-bond acceptors (Lipinski definition) is 4. The van der Waals surface area contributed by atoms with Crippen LogP contribution in [0.15, 0.2) is 18.2 Å². The maximum Gasteiger partial charge on any atom is 0.423 e. The summed E-state index contributed by atoms with van der Waals surface area (Å²) in [7, 11) is 0. The van der Waals surface area contributed by atoms with Crippen LogP contribution in [0.25, 0.3) is 0 Å². The first-order chi connectivity index (χ1) is 9.21. The van der Waals surface area contributed by atoms with Crippen molar-refractivity contribution in [3.8, 4) is 0 Å². The van der Waals surface area contributed by atoms with Gasteiger partial charge in [-0.15, -0.1) is 0 Å². The summed E-state index contributed by atoms with van der Waals surface area (Å²) in [6, 6.07) is 3.16. The number of anilines is 1. The van der Waals surface area contributed by atoms with Crippen LogP contribution in [0.5, 0.6) is 0 Å². The molecular formula is C12H16F3N3O2. The number of rotatable bonds is 6. The molecule has 1 rings (SSSR count). The second-order valence-corrected chi connectivity index (χ2v) is 4.52. The largest absolute Gasteiger partial charge is 0.423 e. The molecule has 0 aliphatic carbocycles. The van der Waals surface area contributed by atoms with Crippen molar-refractivity contribution in [2.75, 3.05) is 18.4 Å². The van der Waals surface area contributed by atoms with E-state index >= 15 is 0 Å². The second-order valence-electron chi connectivity index (χ2n) is 4.52. The molecule has 1 aromatic carbocycles. The highest BCUT2D eigenvalue weighted by Gasteiger charge is 2.38. The lowest BCUT2D eigenvalue weighted by Crippen LogP contribution is -2.28. The topological polar surface area (TPSA) is 67.2 Å². The second kappa shape index (κ2) is 6.56. The molecule has 0 amide bonds. The molecule has 2 N–H and O–H groups in total. The SMILES string of the molecule is CC(C)NCCNc1ccc([N+](=O)[O-])c(C(F)(F)F)c1. The first-order valence-corrected chi connectivity index (χ1v) is 6.04. The van der Waals surface area contributed by atoms with Gasteiger partial charge in [-0.1, -0.05) is 13.8 Å². The van der Waals surface area contributed by atoms with Gasteiger partial charge in [-0.3, -0.25) is 10.1 Å². The van der Waals surface area contributed by atoms with Crippen molar-refractivity contribution in [2.24, 2.45) is 0 Å². The van der Waals surface area contributed by atoms with Crippen LogP contribution in [0.2, 0.25) is 0 Å². The molecule has 0 bridgehead atoms. The summed E-state index contributed by atoms with van der Waals surface area (Å²) in [4.78, 5) is 9.56. The Bertz CT molecular complexity index is 476. The molecule has 0 aliphatic rings. The van der Waals surface area contributed by atoms with Crippen molar-refractivity contribution in [1.82, 2.24) is 5.32 Å². The van der Waals surface area contributed by atoms with E-state index in [9.17, 15) is 23.3 Å². The van der Waals surface area contributed by atoms with Gasteiger partial charge in [0.05, 0.1) is 4.92 Å². The fraction of sp³-hybridized carbons (Fsp3) is 0.500. The molecule has 20 heavy (non-hydrogen) atoms. The molecule has 0 atom stereocenters. The molecule has 0 saturated carbocycles. The maximum absolute atomic E-state index is 12.7. The van der Waals surface area contributed by atoms with Crippen LogP contribution in [-0.2, 0) is 6.18 Å². The maximum atomic E-state index is 12.7. The predicted molar refractivity (Wildman–Crippen MR) is 69.7 cm³/mol. The van der Waals surface area contributed by atoms with Crippen molar-refractivity contribution in [3.05, 3.63) is 33.9 Å². The molecule has 0 saturated heterocycles. The molecule has 8 heteroatoms. The zero-order valence-electron chi connectivity index (χ0n) is 11.1. The van der Waals surface area contributed by atoms with E-state index in [2.05, 4.69) is 10.6 Å². The summed E-state index contributed by atoms with van der Waals surface area (Å²) in [6.45, 7) is 4.91. The monoisotopic (exact) mass is 291 g/mol. The average Bonchev–Trinajstić information content (AvgIpc) is 2.33. The number of nitrogens with one attached hydrogen (secondary N) is 2. The Morgan fingerprint density at radius 3 is 2.45 bits per heavy atom. The Morgan fingerprint density at radius 1 is 1.30 bits per heavy atom. The third-order valence-electron chi connectivity index (χ3n) is 2.51. The summed E-state index contributed by atoms with van der Waals surface area (Å²) in [5.41, 5.74) is -1.99. The fourth-order valence-electron chi connectivity index (χ4n) is 1.60. The number of nitro benzene ring substituents is 1. The minimum atomic E-state index is -4.75. The van der Waals surface area contributed by atoms with Crippen molar-refractivity contribution in [2.45, 2.75) is 26.1 Å². The van der Waals surface area contributed by atoms with Gasteiger partial charge in [-0.25, -0.2) is 0 Å². The van der Waals surface area contributed by atoms with Crippen LogP contribution < -0.4 is 10.6 Å². The standard InChI is InChI=1S/C12H16F3N3O2/c1-8(2)16-5-6-17-9-3-4-11(18(19)20)10(7-9)12(13,14)15/h3-4,7-8,16-17H,5-6H2,1-2H3. The molecule has 0 spiro atoms. The van der Waals surface area contributed by atoms with Crippen LogP contribution in [0.4, 0.5) is 24.5 Å². The van der Waals surface area contributed by atoms with E-state index in [-0.39, 0.29) is 11.7 Å². The van der Waals surface area contributed by atoms with E-state index in [1.54, 1.807) is 0 Å². The zero-order valence-corrected chi connectivity index (χ0v) is 11.1. The smallest absolute Gasteiger partial charge is 0.384 e. The lowest BCUT2D eigenvalue weighted by Gasteiger charge is -2.12. The summed E-state index contributed by atoms with van der Waals surface area (Å²) < 4.78 is 38.2. The van der Waals surface area contributed by atoms with Crippen molar-refractivity contribution < 1.29 is 18.1 Å². The molecule has 0 aliphatic heterocycles. The Hall–Kier alpha value is -1.83. The first-order valence-electron chi connectivity index (χ1n) is 6.04. The number of benzene rings is 1. The van der Waals surface area contributed by atoms with Crippen molar-refractivity contribution >= 4 is 11.4 Å². The minimum absolute atomic E-state index is 0.202. The molecule has 0 fully saturated rings. The molecule has 1 aromatic rings. The van der Waals surface area contributed by atoms with Gasteiger partial charge in [0.2, 0.25) is 0 Å². The van der Waals surface area contributed by atoms with E-state index in [4.69, 9.17) is 0 Å². The highest BCUT2D eigenvalue weighted by Crippen LogP contribution is 2.37. The zero-order chi connectivity index (χ0) is 15.3. The summed E-state index contributed by atoms with van der Waals surface area (Å²) >= 11 is 0. The van der Waals surface area contributed by atoms with Gasteiger partial charge in [-0.05, 0) is 12.1 Å². The summed E-state index contributed by atoms with van der Waals surface area (Å²) in [5.74, 6) is 0. The quantitative estimate of drug-likeness (QED) is 0.480. The van der Waals surface area contributed by atoms with E-state index in [1.807, 2.05) is 13.8 Å². The highest BCUT2D eigenvalue weighted by molar-refractivity contribution is 5.55. The van der Waals surface area contributed by atoms with Gasteiger partial charge in [0.1, 0.15) is 5.56 Å². The van der Waals surface area contributed by atoms with Crippen LogP contribution in [0.1, 0.15) is 19.4 Å². The van der Waals surface area contributed by atoms with Gasteiger partial charge < -0.3 is 10.6 Å². The molecule has 5 nitrogen and oxygen atoms in total. The Kier molecular flexibility index (Phi) is 5.32. The number of alkyl halides is 3. The Morgan fingerprint density at radius 2 is 1.95 bits per heavy atom. The third-order valence-corrected chi connectivity index (χ3v) is 2.51. The van der Waals surface area contributed by atoms with Crippen molar-refractivity contribution in [3.63, 3.8) is 0 Å². The van der Waals surface area contributed by atoms with Crippen LogP contribution >= 0.6 is 0 Å². The van der Waals surface area contributed by atoms with E-state index in [0.717, 1.165) is 12.1 Å². The first kappa shape index (κ1) is 16.2. The lowest BCUT2D eigenvalue weighted by molar-refractivity contribution is -0.388. The van der Waals surface area contributed by atoms with Gasteiger partial charge >= 0.3 is 6.18 Å². The fourth-order valence-corrected chi connectivity index (χ4v) is 1.60. The van der Waals surface area contributed by atoms with Crippen LogP contribution in [-0.4, -0.2) is 24.1 Å². The number of nitrogens with zero attached hydrogens (tertiary/aromatic N) is 1. The minimum Gasteiger partial charge on any atom is -0.384 e. The third kappa shape index (κ3) is 4.69. The molecular weight excluding hydrogens is 275 g/mol. The van der Waals surface area contributed by atoms with Crippen LogP contribution in [0.3, 0.4) is 0 Å². The predicted octanol–water partition coefficient (Wildman–Crippen LogP) is 3.02. The average molecular weight is 291 g/mol. The molecule has 0 heterocycles. The number of nitro groups is 1. The van der Waals surface area contributed by atoms with Gasteiger partial charge in [-0.2, -0.15) is 13.2 Å². The van der Waals surface area contributed by atoms with E-state index in [0.29, 0.717) is 13.1 Å². The molecule has 0 aromatic heterocycles. The highest BCUT2D eigenvalue weighted by atomic mass is 19.4. The molecule has 112 valence electrons. The number of hydrogen-bond donors (Lipinski definition) is 2. The van der Waals surface area contributed by atoms with Crippen molar-refractivity contribution in [1.29, 1.82) is 0 Å². The molecule has 0 radical (unpaired) electrons. The lowest BCUT2D eigenvalue weighted by atomic mass is 10.1.